The van der Waals surface area contributed by atoms with Crippen LogP contribution in [0.4, 0.5) is 4.79 Å². The molecule has 1 aliphatic rings. The number of hydrogen-bond donors (Lipinski definition) is 0. The first-order valence-corrected chi connectivity index (χ1v) is 9.84. The number of Topliss-reactive ketones (excluding diaryl/α,β-unsaturated/α-hetero) is 1. The zero-order chi connectivity index (χ0) is 20.8. The van der Waals surface area contributed by atoms with E-state index >= 15 is 0 Å². The molecule has 1 saturated heterocycles. The lowest BCUT2D eigenvalue weighted by Gasteiger charge is -2.40. The summed E-state index contributed by atoms with van der Waals surface area (Å²) in [5.41, 5.74) is 3.25. The Balaban J connectivity index is 2.12. The van der Waals surface area contributed by atoms with Crippen molar-refractivity contribution >= 4 is 23.5 Å². The van der Waals surface area contributed by atoms with Crippen molar-refractivity contribution in [2.24, 2.45) is 0 Å². The van der Waals surface area contributed by atoms with Crippen LogP contribution in [0.15, 0.2) is 29.9 Å². The second-order valence-corrected chi connectivity index (χ2v) is 7.37. The highest BCUT2D eigenvalue weighted by molar-refractivity contribution is 6.32. The highest BCUT2D eigenvalue weighted by atomic mass is 35.5. The van der Waals surface area contributed by atoms with Crippen molar-refractivity contribution in [1.82, 2.24) is 4.90 Å². The SMILES string of the molecule is C/C=C\C=C(/C)COC(=O)N1CC(c2c(C)c(Cl)cc(C(C)=O)c2OCC)C1. The lowest BCUT2D eigenvalue weighted by atomic mass is 9.86. The van der Waals surface area contributed by atoms with E-state index < -0.39 is 0 Å². The normalized spacial score (nSPS) is 14.9. The number of ether oxygens (including phenoxy) is 2. The van der Waals surface area contributed by atoms with Crippen LogP contribution in [0.2, 0.25) is 5.02 Å². The number of allylic oxidation sites excluding steroid dienone is 3. The van der Waals surface area contributed by atoms with E-state index in [4.69, 9.17) is 21.1 Å². The van der Waals surface area contributed by atoms with Crippen molar-refractivity contribution in [3.05, 3.63) is 51.6 Å². The van der Waals surface area contributed by atoms with Crippen molar-refractivity contribution < 1.29 is 19.1 Å². The summed E-state index contributed by atoms with van der Waals surface area (Å²) in [5.74, 6) is 0.552. The van der Waals surface area contributed by atoms with Gasteiger partial charge >= 0.3 is 6.09 Å². The van der Waals surface area contributed by atoms with Crippen LogP contribution in [0.1, 0.15) is 55.1 Å². The number of carbonyl (C=O) groups excluding carboxylic acids is 2. The van der Waals surface area contributed by atoms with Gasteiger partial charge in [-0.25, -0.2) is 4.79 Å². The number of amides is 1. The molecule has 0 spiro atoms. The topological polar surface area (TPSA) is 55.8 Å². The van der Waals surface area contributed by atoms with E-state index in [1.165, 1.54) is 6.92 Å². The number of rotatable bonds is 7. The van der Waals surface area contributed by atoms with Crippen LogP contribution in [0, 0.1) is 6.92 Å². The maximum Gasteiger partial charge on any atom is 0.410 e. The van der Waals surface area contributed by atoms with Gasteiger partial charge in [-0.3, -0.25) is 4.79 Å². The van der Waals surface area contributed by atoms with Gasteiger partial charge in [0.2, 0.25) is 0 Å². The predicted octanol–water partition coefficient (Wildman–Crippen LogP) is 5.31. The summed E-state index contributed by atoms with van der Waals surface area (Å²) in [5, 5.41) is 0.537. The largest absolute Gasteiger partial charge is 0.493 e. The summed E-state index contributed by atoms with van der Waals surface area (Å²) in [7, 11) is 0. The molecule has 2 rings (SSSR count). The van der Waals surface area contributed by atoms with Crippen LogP contribution in [0.3, 0.4) is 0 Å². The summed E-state index contributed by atoms with van der Waals surface area (Å²) in [6.07, 6.45) is 5.41. The van der Waals surface area contributed by atoms with E-state index in [1.807, 2.05) is 45.9 Å². The Morgan fingerprint density at radius 3 is 2.57 bits per heavy atom. The maximum atomic E-state index is 12.3. The van der Waals surface area contributed by atoms with Crippen molar-refractivity contribution in [3.63, 3.8) is 0 Å². The van der Waals surface area contributed by atoms with Gasteiger partial charge in [0.25, 0.3) is 0 Å². The highest BCUT2D eigenvalue weighted by Gasteiger charge is 2.37. The molecule has 0 N–H and O–H groups in total. The molecule has 28 heavy (non-hydrogen) atoms. The number of halogens is 1. The minimum Gasteiger partial charge on any atom is -0.493 e. The lowest BCUT2D eigenvalue weighted by Crippen LogP contribution is -2.49. The third-order valence-corrected chi connectivity index (χ3v) is 5.13. The van der Waals surface area contributed by atoms with Gasteiger partial charge in [-0.2, -0.15) is 0 Å². The molecule has 0 aromatic heterocycles. The first kappa shape index (κ1) is 22.0. The molecule has 0 unspecified atom stereocenters. The van der Waals surface area contributed by atoms with Gasteiger partial charge in [-0.1, -0.05) is 29.8 Å². The molecule has 5 nitrogen and oxygen atoms in total. The average molecular weight is 406 g/mol. The molecule has 1 fully saturated rings. The molecule has 0 saturated carbocycles. The first-order chi connectivity index (χ1) is 13.3. The fraction of sp³-hybridized carbons (Fsp3) is 0.455. The van der Waals surface area contributed by atoms with E-state index in [2.05, 4.69) is 0 Å². The number of hydrogen-bond acceptors (Lipinski definition) is 4. The molecule has 0 atom stereocenters. The van der Waals surface area contributed by atoms with Crippen LogP contribution in [0.25, 0.3) is 0 Å². The van der Waals surface area contributed by atoms with Crippen LogP contribution in [-0.4, -0.2) is 43.1 Å². The number of likely N-dealkylation sites (tertiary alicyclic amines) is 1. The quantitative estimate of drug-likeness (QED) is 0.455. The first-order valence-electron chi connectivity index (χ1n) is 9.46. The van der Waals surface area contributed by atoms with Crippen molar-refractivity contribution in [1.29, 1.82) is 0 Å². The summed E-state index contributed by atoms with van der Waals surface area (Å²) in [6.45, 7) is 10.9. The monoisotopic (exact) mass is 405 g/mol. The second kappa shape index (κ2) is 9.78. The third-order valence-electron chi connectivity index (χ3n) is 4.74. The Kier molecular flexibility index (Phi) is 7.69. The zero-order valence-corrected chi connectivity index (χ0v) is 17.9. The predicted molar refractivity (Wildman–Crippen MR) is 112 cm³/mol. The van der Waals surface area contributed by atoms with Gasteiger partial charge in [-0.05, 0) is 51.8 Å². The average Bonchev–Trinajstić information content (AvgIpc) is 2.61. The van der Waals surface area contributed by atoms with Crippen molar-refractivity contribution in [3.8, 4) is 5.75 Å². The molecular formula is C22H28ClNO4. The maximum absolute atomic E-state index is 12.3. The number of nitrogens with zero attached hydrogens (tertiary/aromatic N) is 1. The molecular weight excluding hydrogens is 378 g/mol. The fourth-order valence-electron chi connectivity index (χ4n) is 3.18. The lowest BCUT2D eigenvalue weighted by molar-refractivity contribution is 0.0766. The van der Waals surface area contributed by atoms with Gasteiger partial charge in [0.05, 0.1) is 12.2 Å². The molecule has 0 bridgehead atoms. The van der Waals surface area contributed by atoms with Gasteiger partial charge in [-0.15, -0.1) is 0 Å². The molecule has 1 aliphatic heterocycles. The van der Waals surface area contributed by atoms with E-state index in [0.717, 1.165) is 16.7 Å². The molecule has 1 amide bonds. The Labute approximate surface area is 171 Å². The summed E-state index contributed by atoms with van der Waals surface area (Å²) < 4.78 is 11.2. The Morgan fingerprint density at radius 2 is 2.00 bits per heavy atom. The van der Waals surface area contributed by atoms with E-state index in [-0.39, 0.29) is 24.4 Å². The van der Waals surface area contributed by atoms with Crippen molar-refractivity contribution in [2.45, 2.75) is 40.5 Å². The Hall–Kier alpha value is -2.27. The molecule has 152 valence electrons. The number of carbonyl (C=O) groups is 2. The van der Waals surface area contributed by atoms with Gasteiger partial charge in [0, 0.05) is 29.6 Å². The molecule has 1 heterocycles. The van der Waals surface area contributed by atoms with E-state index in [1.54, 1.807) is 11.0 Å². The number of ketones is 1. The smallest absolute Gasteiger partial charge is 0.410 e. The second-order valence-electron chi connectivity index (χ2n) is 6.96. The highest BCUT2D eigenvalue weighted by Crippen LogP contribution is 2.41. The molecule has 0 radical (unpaired) electrons. The Morgan fingerprint density at radius 1 is 1.32 bits per heavy atom. The Bertz CT molecular complexity index is 807. The molecule has 1 aromatic rings. The summed E-state index contributed by atoms with van der Waals surface area (Å²) in [6, 6.07) is 1.66. The standard InChI is InChI=1S/C22H28ClNO4/c1-6-8-9-14(3)13-28-22(26)24-11-17(12-24)20-15(4)19(23)10-18(16(5)25)21(20)27-7-2/h6,8-10,17H,7,11-13H2,1-5H3/b8-6-,14-9+. The molecule has 1 aromatic carbocycles. The van der Waals surface area contributed by atoms with E-state index in [9.17, 15) is 9.59 Å². The fourth-order valence-corrected chi connectivity index (χ4v) is 3.39. The van der Waals surface area contributed by atoms with E-state index in [0.29, 0.717) is 36.0 Å². The van der Waals surface area contributed by atoms with Crippen molar-refractivity contribution in [2.75, 3.05) is 26.3 Å². The van der Waals surface area contributed by atoms with Gasteiger partial charge in [0.1, 0.15) is 12.4 Å². The molecule has 6 heteroatoms. The van der Waals surface area contributed by atoms with Gasteiger partial charge in [0.15, 0.2) is 5.78 Å². The van der Waals surface area contributed by atoms with Crippen LogP contribution < -0.4 is 4.74 Å². The van der Waals surface area contributed by atoms with Crippen LogP contribution >= 0.6 is 11.6 Å². The summed E-state index contributed by atoms with van der Waals surface area (Å²) >= 11 is 6.36. The number of benzene rings is 1. The van der Waals surface area contributed by atoms with Crippen LogP contribution in [-0.2, 0) is 4.74 Å². The minimum atomic E-state index is -0.339. The third kappa shape index (κ3) is 4.96. The van der Waals surface area contributed by atoms with Crippen LogP contribution in [0.5, 0.6) is 5.75 Å². The molecule has 0 aliphatic carbocycles. The summed E-state index contributed by atoms with van der Waals surface area (Å²) in [4.78, 5) is 26.0. The van der Waals surface area contributed by atoms with Gasteiger partial charge < -0.3 is 14.4 Å². The minimum absolute atomic E-state index is 0.0607. The zero-order valence-electron chi connectivity index (χ0n) is 17.2.